The zero-order chi connectivity index (χ0) is 19.0. The fourth-order valence-corrected chi connectivity index (χ4v) is 4.04. The summed E-state index contributed by atoms with van der Waals surface area (Å²) in [6, 6.07) is 7.92. The van der Waals surface area contributed by atoms with Gasteiger partial charge >= 0.3 is 0 Å². The molecule has 1 aromatic carbocycles. The van der Waals surface area contributed by atoms with E-state index in [1.165, 1.54) is 0 Å². The Hall–Kier alpha value is -1.63. The average molecular weight is 363 g/mol. The standard InChI is InChI=1S/C19H30N2O3Si/c1-18(2,3)25(6,7)24-16(17(20)22)19(4,23-5)14-12-21-15-11-9-8-10-13(14)15/h8-12,16,21H,1-7H3,(H2,20,22). The Labute approximate surface area is 151 Å². The molecular formula is C19H30N2O3Si. The van der Waals surface area contributed by atoms with E-state index in [1.807, 2.05) is 37.4 Å². The number of carbonyl (C=O) groups is 1. The van der Waals surface area contributed by atoms with Crippen LogP contribution in [0.5, 0.6) is 0 Å². The second-order valence-electron chi connectivity index (χ2n) is 8.22. The fraction of sp³-hybridized carbons (Fsp3) is 0.526. The molecule has 1 heterocycles. The quantitative estimate of drug-likeness (QED) is 0.765. The summed E-state index contributed by atoms with van der Waals surface area (Å²) in [6.07, 6.45) is 0.997. The zero-order valence-corrected chi connectivity index (χ0v) is 17.3. The van der Waals surface area contributed by atoms with Gasteiger partial charge in [0.1, 0.15) is 5.60 Å². The number of para-hydroxylation sites is 1. The van der Waals surface area contributed by atoms with E-state index in [4.69, 9.17) is 14.9 Å². The average Bonchev–Trinajstić information content (AvgIpc) is 2.95. The molecule has 0 radical (unpaired) electrons. The van der Waals surface area contributed by atoms with Crippen LogP contribution in [0.1, 0.15) is 33.3 Å². The minimum Gasteiger partial charge on any atom is -0.402 e. The molecule has 0 aliphatic heterocycles. The number of amides is 1. The lowest BCUT2D eigenvalue weighted by Crippen LogP contribution is -2.55. The molecule has 0 saturated heterocycles. The van der Waals surface area contributed by atoms with Crippen molar-refractivity contribution in [3.63, 3.8) is 0 Å². The summed E-state index contributed by atoms with van der Waals surface area (Å²) in [7, 11) is -0.638. The van der Waals surface area contributed by atoms with Crippen molar-refractivity contribution >= 4 is 25.1 Å². The second kappa shape index (κ2) is 6.59. The molecular weight excluding hydrogens is 332 g/mol. The smallest absolute Gasteiger partial charge is 0.248 e. The predicted molar refractivity (Wildman–Crippen MR) is 104 cm³/mol. The summed E-state index contributed by atoms with van der Waals surface area (Å²) in [6.45, 7) is 12.5. The van der Waals surface area contributed by atoms with Crippen LogP contribution >= 0.6 is 0 Å². The van der Waals surface area contributed by atoms with Gasteiger partial charge in [0.25, 0.3) is 0 Å². The molecule has 0 fully saturated rings. The van der Waals surface area contributed by atoms with Gasteiger partial charge in [-0.15, -0.1) is 0 Å². The van der Waals surface area contributed by atoms with Gasteiger partial charge in [0.2, 0.25) is 5.91 Å². The van der Waals surface area contributed by atoms with Gasteiger partial charge in [-0.05, 0) is 31.1 Å². The van der Waals surface area contributed by atoms with Gasteiger partial charge in [-0.3, -0.25) is 4.79 Å². The van der Waals surface area contributed by atoms with Gasteiger partial charge < -0.3 is 19.9 Å². The molecule has 6 heteroatoms. The number of carbonyl (C=O) groups excluding carboxylic acids is 1. The monoisotopic (exact) mass is 362 g/mol. The summed E-state index contributed by atoms with van der Waals surface area (Å²) in [4.78, 5) is 15.6. The molecule has 0 aliphatic carbocycles. The fourth-order valence-electron chi connectivity index (χ4n) is 2.75. The number of hydrogen-bond donors (Lipinski definition) is 2. The Kier molecular flexibility index (Phi) is 5.19. The first-order valence-electron chi connectivity index (χ1n) is 8.53. The highest BCUT2D eigenvalue weighted by Gasteiger charge is 2.48. The first-order valence-corrected chi connectivity index (χ1v) is 11.4. The molecule has 2 unspecified atom stereocenters. The first kappa shape index (κ1) is 19.7. The van der Waals surface area contributed by atoms with Gasteiger partial charge in [-0.25, -0.2) is 0 Å². The summed E-state index contributed by atoms with van der Waals surface area (Å²) >= 11 is 0. The van der Waals surface area contributed by atoms with E-state index in [0.29, 0.717) is 0 Å². The number of primary amides is 1. The highest BCUT2D eigenvalue weighted by molar-refractivity contribution is 6.74. The molecule has 3 N–H and O–H groups in total. The van der Waals surface area contributed by atoms with Crippen molar-refractivity contribution in [3.05, 3.63) is 36.0 Å². The van der Waals surface area contributed by atoms with Crippen molar-refractivity contribution < 1.29 is 14.0 Å². The molecule has 2 rings (SSSR count). The number of nitrogens with one attached hydrogen (secondary N) is 1. The Morgan fingerprint density at radius 1 is 1.20 bits per heavy atom. The molecule has 1 amide bonds. The van der Waals surface area contributed by atoms with E-state index in [1.54, 1.807) is 7.11 Å². The summed E-state index contributed by atoms with van der Waals surface area (Å²) in [5.41, 5.74) is 6.63. The second-order valence-corrected chi connectivity index (χ2v) is 13.0. The Morgan fingerprint density at radius 2 is 1.80 bits per heavy atom. The van der Waals surface area contributed by atoms with Crippen molar-refractivity contribution in [2.75, 3.05) is 7.11 Å². The third-order valence-corrected chi connectivity index (χ3v) is 9.96. The van der Waals surface area contributed by atoms with Crippen LogP contribution in [0.25, 0.3) is 10.9 Å². The molecule has 138 valence electrons. The lowest BCUT2D eigenvalue weighted by molar-refractivity contribution is -0.144. The van der Waals surface area contributed by atoms with E-state index in [2.05, 4.69) is 38.8 Å². The number of H-pyrrole nitrogens is 1. The van der Waals surface area contributed by atoms with E-state index < -0.39 is 25.9 Å². The molecule has 0 spiro atoms. The molecule has 1 aromatic heterocycles. The normalized spacial score (nSPS) is 16.6. The van der Waals surface area contributed by atoms with Crippen molar-refractivity contribution in [1.29, 1.82) is 0 Å². The maximum Gasteiger partial charge on any atom is 0.248 e. The van der Waals surface area contributed by atoms with Crippen molar-refractivity contribution in [2.45, 2.75) is 57.5 Å². The minimum atomic E-state index is -2.23. The van der Waals surface area contributed by atoms with Crippen LogP contribution in [-0.2, 0) is 19.6 Å². The molecule has 25 heavy (non-hydrogen) atoms. The summed E-state index contributed by atoms with van der Waals surface area (Å²) in [5, 5.41) is 0.951. The zero-order valence-electron chi connectivity index (χ0n) is 16.3. The Bertz CT molecular complexity index is 763. The van der Waals surface area contributed by atoms with Gasteiger partial charge in [-0.1, -0.05) is 39.0 Å². The van der Waals surface area contributed by atoms with E-state index >= 15 is 0 Å². The molecule has 2 aromatic rings. The van der Waals surface area contributed by atoms with Gasteiger partial charge in [-0.2, -0.15) is 0 Å². The van der Waals surface area contributed by atoms with Crippen LogP contribution in [0.3, 0.4) is 0 Å². The topological polar surface area (TPSA) is 77.3 Å². The third kappa shape index (κ3) is 3.52. The van der Waals surface area contributed by atoms with Crippen LogP contribution in [-0.4, -0.2) is 32.4 Å². The minimum absolute atomic E-state index is 0.0461. The van der Waals surface area contributed by atoms with Crippen LogP contribution in [0.4, 0.5) is 0 Å². The number of nitrogens with two attached hydrogens (primary N) is 1. The summed E-state index contributed by atoms with van der Waals surface area (Å²) < 4.78 is 12.3. The van der Waals surface area contributed by atoms with E-state index in [9.17, 15) is 4.79 Å². The number of methoxy groups -OCH3 is 1. The first-order chi connectivity index (χ1) is 11.4. The van der Waals surface area contributed by atoms with Crippen LogP contribution < -0.4 is 5.73 Å². The SMILES string of the molecule is COC(C)(c1c[nH]c2ccccc12)C(O[Si](C)(C)C(C)(C)C)C(N)=O. The Balaban J connectivity index is 2.55. The van der Waals surface area contributed by atoms with E-state index in [0.717, 1.165) is 16.5 Å². The van der Waals surface area contributed by atoms with Crippen molar-refractivity contribution in [1.82, 2.24) is 4.98 Å². The third-order valence-electron chi connectivity index (χ3n) is 5.53. The molecule has 2 atom stereocenters. The van der Waals surface area contributed by atoms with Crippen LogP contribution in [0, 0.1) is 0 Å². The molecule has 0 saturated carbocycles. The van der Waals surface area contributed by atoms with Crippen LogP contribution in [0.2, 0.25) is 18.1 Å². The number of rotatable bonds is 6. The van der Waals surface area contributed by atoms with Crippen LogP contribution in [0.15, 0.2) is 30.5 Å². The number of aromatic nitrogens is 1. The largest absolute Gasteiger partial charge is 0.402 e. The lowest BCUT2D eigenvalue weighted by atomic mass is 9.89. The van der Waals surface area contributed by atoms with Gasteiger partial charge in [0.05, 0.1) is 0 Å². The Morgan fingerprint density at radius 3 is 2.32 bits per heavy atom. The lowest BCUT2D eigenvalue weighted by Gasteiger charge is -2.43. The van der Waals surface area contributed by atoms with Gasteiger partial charge in [0.15, 0.2) is 14.4 Å². The maximum atomic E-state index is 12.4. The molecule has 0 aliphatic rings. The van der Waals surface area contributed by atoms with Crippen molar-refractivity contribution in [2.24, 2.45) is 5.73 Å². The number of ether oxygens (including phenoxy) is 1. The molecule has 5 nitrogen and oxygen atoms in total. The molecule has 0 bridgehead atoms. The highest BCUT2D eigenvalue weighted by Crippen LogP contribution is 2.42. The number of fused-ring (bicyclic) bond motifs is 1. The summed E-state index contributed by atoms with van der Waals surface area (Å²) in [5.74, 6) is -0.514. The maximum absolute atomic E-state index is 12.4. The highest BCUT2D eigenvalue weighted by atomic mass is 28.4. The van der Waals surface area contributed by atoms with Gasteiger partial charge in [0, 0.05) is 29.8 Å². The predicted octanol–water partition coefficient (Wildman–Crippen LogP) is 3.91. The number of benzene rings is 1. The van der Waals surface area contributed by atoms with E-state index in [-0.39, 0.29) is 5.04 Å². The van der Waals surface area contributed by atoms with Crippen molar-refractivity contribution in [3.8, 4) is 0 Å². The number of hydrogen-bond acceptors (Lipinski definition) is 3. The number of aromatic amines is 1.